The summed E-state index contributed by atoms with van der Waals surface area (Å²) in [5.41, 5.74) is 2.50. The minimum absolute atomic E-state index is 0.214. The highest BCUT2D eigenvalue weighted by Gasteiger charge is 2.17. The molecule has 0 saturated carbocycles. The Balaban J connectivity index is 1.59. The van der Waals surface area contributed by atoms with Crippen molar-refractivity contribution in [3.05, 3.63) is 83.4 Å². The van der Waals surface area contributed by atoms with Gasteiger partial charge in [-0.2, -0.15) is 5.10 Å². The summed E-state index contributed by atoms with van der Waals surface area (Å²) in [5.74, 6) is 1.59. The number of aromatic nitrogens is 1. The third-order valence-corrected chi connectivity index (χ3v) is 6.27. The second-order valence-electron chi connectivity index (χ2n) is 7.69. The fraction of sp³-hybridized carbons (Fsp3) is 0.222. The van der Waals surface area contributed by atoms with Gasteiger partial charge in [-0.25, -0.2) is 9.99 Å². The van der Waals surface area contributed by atoms with Crippen LogP contribution in [0.4, 0.5) is 5.69 Å². The van der Waals surface area contributed by atoms with Crippen LogP contribution in [0.25, 0.3) is 10.2 Å². The van der Waals surface area contributed by atoms with E-state index in [0.29, 0.717) is 17.4 Å². The van der Waals surface area contributed by atoms with Gasteiger partial charge >= 0.3 is 0 Å². The molecule has 0 unspecified atom stereocenters. The molecule has 7 heteroatoms. The van der Waals surface area contributed by atoms with Crippen molar-refractivity contribution in [2.45, 2.75) is 26.2 Å². The predicted molar refractivity (Wildman–Crippen MR) is 141 cm³/mol. The van der Waals surface area contributed by atoms with Gasteiger partial charge in [-0.05, 0) is 54.4 Å². The van der Waals surface area contributed by atoms with Crippen molar-refractivity contribution in [2.75, 3.05) is 18.7 Å². The Bertz CT molecular complexity index is 1240. The Morgan fingerprint density at radius 2 is 1.82 bits per heavy atom. The van der Waals surface area contributed by atoms with Gasteiger partial charge in [0.1, 0.15) is 0 Å². The van der Waals surface area contributed by atoms with Crippen LogP contribution in [-0.4, -0.2) is 30.8 Å². The molecule has 0 aliphatic rings. The van der Waals surface area contributed by atoms with Gasteiger partial charge in [-0.1, -0.05) is 50.1 Å². The predicted octanol–water partition coefficient (Wildman–Crippen LogP) is 6.74. The molecule has 0 atom stereocenters. The van der Waals surface area contributed by atoms with Gasteiger partial charge < -0.3 is 9.47 Å². The Morgan fingerprint density at radius 3 is 2.59 bits per heavy atom. The van der Waals surface area contributed by atoms with Crippen LogP contribution in [0.2, 0.25) is 0 Å². The molecule has 0 spiro atoms. The largest absolute Gasteiger partial charge is 0.493 e. The van der Waals surface area contributed by atoms with Crippen LogP contribution in [-0.2, 0) is 0 Å². The van der Waals surface area contributed by atoms with Crippen LogP contribution in [0.5, 0.6) is 11.5 Å². The van der Waals surface area contributed by atoms with E-state index in [1.807, 2.05) is 72.8 Å². The molecule has 174 valence electrons. The Labute approximate surface area is 204 Å². The van der Waals surface area contributed by atoms with E-state index < -0.39 is 0 Å². The smallest absolute Gasteiger partial charge is 0.183 e. The molecule has 1 N–H and O–H groups in total. The van der Waals surface area contributed by atoms with Gasteiger partial charge in [0.05, 0.1) is 35.8 Å². The average molecular weight is 473 g/mol. The third kappa shape index (κ3) is 5.61. The van der Waals surface area contributed by atoms with Gasteiger partial charge in [0.25, 0.3) is 0 Å². The van der Waals surface area contributed by atoms with Crippen molar-refractivity contribution in [2.24, 2.45) is 5.10 Å². The van der Waals surface area contributed by atoms with Gasteiger partial charge in [0.15, 0.2) is 22.3 Å². The summed E-state index contributed by atoms with van der Waals surface area (Å²) in [6, 6.07) is 23.3. The van der Waals surface area contributed by atoms with E-state index in [1.165, 1.54) is 11.3 Å². The molecule has 0 amide bonds. The number of para-hydroxylation sites is 2. The molecular weight excluding hydrogens is 444 g/mol. The Hall–Kier alpha value is -3.71. The fourth-order valence-electron chi connectivity index (χ4n) is 3.43. The zero-order chi connectivity index (χ0) is 23.8. The van der Waals surface area contributed by atoms with Crippen molar-refractivity contribution in [3.63, 3.8) is 0 Å². The summed E-state index contributed by atoms with van der Waals surface area (Å²) in [7, 11) is 1.63. The molecule has 0 aliphatic carbocycles. The first-order chi connectivity index (χ1) is 16.7. The molecule has 34 heavy (non-hydrogen) atoms. The summed E-state index contributed by atoms with van der Waals surface area (Å²) < 4.78 is 12.5. The summed E-state index contributed by atoms with van der Waals surface area (Å²) in [5, 5.41) is 15.7. The number of benzene rings is 3. The summed E-state index contributed by atoms with van der Waals surface area (Å²) >= 11 is 1.48. The van der Waals surface area contributed by atoms with Crippen LogP contribution in [0.1, 0.15) is 36.8 Å². The van der Waals surface area contributed by atoms with E-state index in [9.17, 15) is 0 Å². The molecule has 1 heterocycles. The number of amidine groups is 1. The van der Waals surface area contributed by atoms with E-state index in [0.717, 1.165) is 46.5 Å². The Kier molecular flexibility index (Phi) is 7.88. The first kappa shape index (κ1) is 23.4. The zero-order valence-electron chi connectivity index (χ0n) is 19.4. The lowest BCUT2D eigenvalue weighted by Crippen LogP contribution is -2.25. The van der Waals surface area contributed by atoms with Crippen LogP contribution in [0, 0.1) is 5.41 Å². The zero-order valence-corrected chi connectivity index (χ0v) is 20.2. The van der Waals surface area contributed by atoms with Crippen LogP contribution < -0.4 is 14.5 Å². The minimum Gasteiger partial charge on any atom is -0.493 e. The molecule has 0 fully saturated rings. The normalized spacial score (nSPS) is 11.1. The molecular formula is C27H28N4O2S. The standard InChI is InChI=1S/C27H28N4O2S/c1-3-4-10-17-33-23-16-15-20(18-24(23)32-2)19-29-31(21-11-6-5-7-12-21)26(28)27-30-22-13-8-9-14-25(22)34-27/h5-9,11-16,18-19,28H,3-4,10,17H2,1-2H3. The highest BCUT2D eigenvalue weighted by Crippen LogP contribution is 2.28. The average Bonchev–Trinajstić information content (AvgIpc) is 3.32. The maximum Gasteiger partial charge on any atom is 0.183 e. The maximum absolute atomic E-state index is 8.86. The number of thiazole rings is 1. The van der Waals surface area contributed by atoms with E-state index in [-0.39, 0.29) is 5.84 Å². The molecule has 0 saturated heterocycles. The second kappa shape index (κ2) is 11.4. The van der Waals surface area contributed by atoms with Crippen molar-refractivity contribution in [3.8, 4) is 11.5 Å². The number of hydrogen-bond acceptors (Lipinski definition) is 6. The molecule has 6 nitrogen and oxygen atoms in total. The Morgan fingerprint density at radius 1 is 1.03 bits per heavy atom. The van der Waals surface area contributed by atoms with E-state index in [1.54, 1.807) is 18.3 Å². The highest BCUT2D eigenvalue weighted by molar-refractivity contribution is 7.20. The SMILES string of the molecule is CCCCCOc1ccc(C=NN(C(=N)c2nc3ccccc3s2)c2ccccc2)cc1OC. The number of ether oxygens (including phenoxy) is 2. The van der Waals surface area contributed by atoms with Crippen molar-refractivity contribution < 1.29 is 9.47 Å². The van der Waals surface area contributed by atoms with Crippen molar-refractivity contribution in [1.29, 1.82) is 5.41 Å². The minimum atomic E-state index is 0.214. The number of unbranched alkanes of at least 4 members (excludes halogenated alkanes) is 2. The number of hydrazone groups is 1. The number of anilines is 1. The van der Waals surface area contributed by atoms with E-state index in [4.69, 9.17) is 14.9 Å². The number of fused-ring (bicyclic) bond motifs is 1. The van der Waals surface area contributed by atoms with E-state index >= 15 is 0 Å². The number of rotatable bonds is 10. The maximum atomic E-state index is 8.86. The number of methoxy groups -OCH3 is 1. The quantitative estimate of drug-likeness (QED) is 0.120. The van der Waals surface area contributed by atoms with E-state index in [2.05, 4.69) is 17.0 Å². The first-order valence-electron chi connectivity index (χ1n) is 11.3. The monoisotopic (exact) mass is 472 g/mol. The molecule has 4 rings (SSSR count). The van der Waals surface area contributed by atoms with Crippen molar-refractivity contribution in [1.82, 2.24) is 4.98 Å². The number of hydrogen-bond donors (Lipinski definition) is 1. The lowest BCUT2D eigenvalue weighted by Gasteiger charge is -2.18. The van der Waals surface area contributed by atoms with Gasteiger partial charge in [-0.3, -0.25) is 5.41 Å². The van der Waals surface area contributed by atoms with Gasteiger partial charge in [-0.15, -0.1) is 11.3 Å². The molecule has 4 aromatic rings. The summed E-state index contributed by atoms with van der Waals surface area (Å²) in [6.45, 7) is 2.84. The summed E-state index contributed by atoms with van der Waals surface area (Å²) in [4.78, 5) is 4.64. The number of nitrogens with zero attached hydrogens (tertiary/aromatic N) is 3. The molecule has 0 aliphatic heterocycles. The van der Waals surface area contributed by atoms with Crippen LogP contribution in [0.15, 0.2) is 77.9 Å². The second-order valence-corrected chi connectivity index (χ2v) is 8.72. The molecule has 0 radical (unpaired) electrons. The third-order valence-electron chi connectivity index (χ3n) is 5.22. The molecule has 3 aromatic carbocycles. The fourth-order valence-corrected chi connectivity index (χ4v) is 4.33. The van der Waals surface area contributed by atoms with Gasteiger partial charge in [0, 0.05) is 0 Å². The topological polar surface area (TPSA) is 70.8 Å². The van der Waals surface area contributed by atoms with Crippen LogP contribution >= 0.6 is 11.3 Å². The first-order valence-corrected chi connectivity index (χ1v) is 12.2. The van der Waals surface area contributed by atoms with Crippen LogP contribution in [0.3, 0.4) is 0 Å². The lowest BCUT2D eigenvalue weighted by molar-refractivity contribution is 0.286. The number of nitrogens with one attached hydrogen (secondary N) is 1. The molecule has 1 aromatic heterocycles. The highest BCUT2D eigenvalue weighted by atomic mass is 32.1. The van der Waals surface area contributed by atoms with Crippen molar-refractivity contribution >= 4 is 39.3 Å². The summed E-state index contributed by atoms with van der Waals surface area (Å²) in [6.07, 6.45) is 5.03. The van der Waals surface area contributed by atoms with Gasteiger partial charge in [0.2, 0.25) is 0 Å². The lowest BCUT2D eigenvalue weighted by atomic mass is 10.2. The molecule has 0 bridgehead atoms.